The maximum Gasteiger partial charge on any atom is 0.339 e. The maximum absolute atomic E-state index is 12.6. The molecule has 2 rings (SSSR count). The molecule has 0 radical (unpaired) electrons. The molecule has 0 aliphatic carbocycles. The Kier molecular flexibility index (Phi) is 6.28. The Morgan fingerprint density at radius 1 is 1.35 bits per heavy atom. The number of aryl methyl sites for hydroxylation is 1. The molecule has 1 fully saturated rings. The highest BCUT2D eigenvalue weighted by Crippen LogP contribution is 2.21. The number of ether oxygens (including phenoxy) is 2. The Balaban J connectivity index is 2.06. The number of hydrogen-bond acceptors (Lipinski definition) is 6. The normalized spacial score (nSPS) is 19.6. The summed E-state index contributed by atoms with van der Waals surface area (Å²) in [5.41, 5.74) is 1.17. The molecular formula is C18H25NO6S. The van der Waals surface area contributed by atoms with Crippen molar-refractivity contribution in [3.8, 4) is 5.75 Å². The van der Waals surface area contributed by atoms with Crippen LogP contribution in [0.1, 0.15) is 36.2 Å². The number of nitrogens with zero attached hydrogens (tertiary/aromatic N) is 1. The lowest BCUT2D eigenvalue weighted by Gasteiger charge is -2.29. The lowest BCUT2D eigenvalue weighted by atomic mass is 10.1. The summed E-state index contributed by atoms with van der Waals surface area (Å²) in [5, 5.41) is 0. The number of carbonyl (C=O) groups is 2. The first-order chi connectivity index (χ1) is 12.2. The SMILES string of the molecule is CCN(C(=O)[C@@H](C)OC(=O)c1ccc(C)c(OC)c1)[C@H]1CCS(=O)(=O)C1. The topological polar surface area (TPSA) is 90.0 Å². The second-order valence-corrected chi connectivity index (χ2v) is 8.64. The third-order valence-electron chi connectivity index (χ3n) is 4.55. The summed E-state index contributed by atoms with van der Waals surface area (Å²) in [6.07, 6.45) is -0.587. The van der Waals surface area contributed by atoms with Crippen LogP contribution in [0.4, 0.5) is 0 Å². The quantitative estimate of drug-likeness (QED) is 0.693. The van der Waals surface area contributed by atoms with Crippen LogP contribution in [0.5, 0.6) is 5.75 Å². The van der Waals surface area contributed by atoms with Gasteiger partial charge in [0.25, 0.3) is 5.91 Å². The standard InChI is InChI=1S/C18H25NO6S/c1-5-19(15-8-9-26(22,23)11-15)17(20)13(3)25-18(21)14-7-6-12(2)16(10-14)24-4/h6-7,10,13,15H,5,8-9,11H2,1-4H3/t13-,15+/m1/s1. The summed E-state index contributed by atoms with van der Waals surface area (Å²) in [6, 6.07) is 4.55. The van der Waals surface area contributed by atoms with Crippen LogP contribution in [0.15, 0.2) is 18.2 Å². The fourth-order valence-corrected chi connectivity index (χ4v) is 4.81. The second-order valence-electron chi connectivity index (χ2n) is 6.41. The van der Waals surface area contributed by atoms with Crippen LogP contribution in [-0.4, -0.2) is 62.5 Å². The summed E-state index contributed by atoms with van der Waals surface area (Å²) in [6.45, 7) is 5.49. The van der Waals surface area contributed by atoms with Crippen molar-refractivity contribution in [2.75, 3.05) is 25.2 Å². The number of sulfone groups is 1. The molecule has 0 spiro atoms. The van der Waals surface area contributed by atoms with Crippen LogP contribution >= 0.6 is 0 Å². The summed E-state index contributed by atoms with van der Waals surface area (Å²) in [4.78, 5) is 26.5. The van der Waals surface area contributed by atoms with Crippen LogP contribution in [0.2, 0.25) is 0 Å². The molecule has 1 aromatic carbocycles. The highest BCUT2D eigenvalue weighted by Gasteiger charge is 2.36. The number of likely N-dealkylation sites (N-methyl/N-ethyl adjacent to an activating group) is 1. The highest BCUT2D eigenvalue weighted by molar-refractivity contribution is 7.91. The van der Waals surface area contributed by atoms with Gasteiger partial charge in [0.15, 0.2) is 15.9 Å². The van der Waals surface area contributed by atoms with E-state index < -0.39 is 21.9 Å². The number of benzene rings is 1. The fourth-order valence-electron chi connectivity index (χ4n) is 3.07. The van der Waals surface area contributed by atoms with Gasteiger partial charge in [-0.2, -0.15) is 0 Å². The first-order valence-electron chi connectivity index (χ1n) is 8.55. The molecule has 0 aromatic heterocycles. The van der Waals surface area contributed by atoms with Crippen LogP contribution in [0, 0.1) is 6.92 Å². The van der Waals surface area contributed by atoms with E-state index in [1.807, 2.05) is 6.92 Å². The average molecular weight is 383 g/mol. The monoisotopic (exact) mass is 383 g/mol. The minimum Gasteiger partial charge on any atom is -0.496 e. The van der Waals surface area contributed by atoms with Gasteiger partial charge in [-0.25, -0.2) is 13.2 Å². The van der Waals surface area contributed by atoms with Gasteiger partial charge in [0, 0.05) is 12.6 Å². The molecule has 1 amide bonds. The minimum absolute atomic E-state index is 0.0393. The molecule has 8 heteroatoms. The molecule has 0 saturated carbocycles. The van der Waals surface area contributed by atoms with Crippen molar-refractivity contribution in [1.82, 2.24) is 4.90 Å². The summed E-state index contributed by atoms with van der Waals surface area (Å²) < 4.78 is 33.8. The molecule has 0 bridgehead atoms. The van der Waals surface area contributed by atoms with Crippen molar-refractivity contribution >= 4 is 21.7 Å². The number of amides is 1. The smallest absolute Gasteiger partial charge is 0.339 e. The summed E-state index contributed by atoms with van der Waals surface area (Å²) in [5.74, 6) is -0.410. The van der Waals surface area contributed by atoms with Gasteiger partial charge in [0.1, 0.15) is 5.75 Å². The van der Waals surface area contributed by atoms with E-state index in [1.165, 1.54) is 18.9 Å². The molecule has 26 heavy (non-hydrogen) atoms. The first-order valence-corrected chi connectivity index (χ1v) is 10.4. The minimum atomic E-state index is -3.10. The number of carbonyl (C=O) groups excluding carboxylic acids is 2. The van der Waals surface area contributed by atoms with Crippen LogP contribution in [0.3, 0.4) is 0 Å². The van der Waals surface area contributed by atoms with Gasteiger partial charge in [0.05, 0.1) is 24.2 Å². The molecule has 1 aliphatic rings. The molecule has 1 saturated heterocycles. The number of methoxy groups -OCH3 is 1. The third-order valence-corrected chi connectivity index (χ3v) is 6.30. The Morgan fingerprint density at radius 3 is 2.58 bits per heavy atom. The van der Waals surface area contributed by atoms with E-state index in [9.17, 15) is 18.0 Å². The van der Waals surface area contributed by atoms with Gasteiger partial charge in [-0.3, -0.25) is 4.79 Å². The summed E-state index contributed by atoms with van der Waals surface area (Å²) >= 11 is 0. The van der Waals surface area contributed by atoms with Crippen LogP contribution in [-0.2, 0) is 19.4 Å². The zero-order chi connectivity index (χ0) is 19.5. The van der Waals surface area contributed by atoms with E-state index in [0.717, 1.165) is 5.56 Å². The van der Waals surface area contributed by atoms with Crippen molar-refractivity contribution in [3.05, 3.63) is 29.3 Å². The summed E-state index contributed by atoms with van der Waals surface area (Å²) in [7, 11) is -1.59. The van der Waals surface area contributed by atoms with E-state index in [1.54, 1.807) is 25.1 Å². The predicted molar refractivity (Wildman–Crippen MR) is 97.1 cm³/mol. The molecular weight excluding hydrogens is 358 g/mol. The van der Waals surface area contributed by atoms with E-state index in [4.69, 9.17) is 9.47 Å². The average Bonchev–Trinajstić information content (AvgIpc) is 2.95. The van der Waals surface area contributed by atoms with Crippen molar-refractivity contribution in [2.45, 2.75) is 39.3 Å². The number of rotatable bonds is 6. The number of hydrogen-bond donors (Lipinski definition) is 0. The van der Waals surface area contributed by atoms with Gasteiger partial charge in [-0.1, -0.05) is 6.07 Å². The Hall–Kier alpha value is -2.09. The van der Waals surface area contributed by atoms with Crippen LogP contribution in [0.25, 0.3) is 0 Å². The number of esters is 1. The molecule has 0 N–H and O–H groups in total. The zero-order valence-corrected chi connectivity index (χ0v) is 16.3. The Morgan fingerprint density at radius 2 is 2.04 bits per heavy atom. The van der Waals surface area contributed by atoms with E-state index >= 15 is 0 Å². The van der Waals surface area contributed by atoms with E-state index in [-0.39, 0.29) is 23.5 Å². The predicted octanol–water partition coefficient (Wildman–Crippen LogP) is 1.58. The fraction of sp³-hybridized carbons (Fsp3) is 0.556. The van der Waals surface area contributed by atoms with Crippen molar-refractivity contribution in [2.24, 2.45) is 0 Å². The Labute approximate surface area is 154 Å². The van der Waals surface area contributed by atoms with Crippen molar-refractivity contribution < 1.29 is 27.5 Å². The molecule has 0 unspecified atom stereocenters. The van der Waals surface area contributed by atoms with Crippen molar-refractivity contribution in [3.63, 3.8) is 0 Å². The maximum atomic E-state index is 12.6. The van der Waals surface area contributed by atoms with Crippen LogP contribution < -0.4 is 4.74 Å². The largest absolute Gasteiger partial charge is 0.496 e. The molecule has 2 atom stereocenters. The van der Waals surface area contributed by atoms with Crippen molar-refractivity contribution in [1.29, 1.82) is 0 Å². The third kappa shape index (κ3) is 4.55. The first kappa shape index (κ1) is 20.2. The van der Waals surface area contributed by atoms with Gasteiger partial charge in [-0.15, -0.1) is 0 Å². The zero-order valence-electron chi connectivity index (χ0n) is 15.5. The molecule has 1 aromatic rings. The van der Waals surface area contributed by atoms with Gasteiger partial charge < -0.3 is 14.4 Å². The highest BCUT2D eigenvalue weighted by atomic mass is 32.2. The van der Waals surface area contributed by atoms with Gasteiger partial charge >= 0.3 is 5.97 Å². The van der Waals surface area contributed by atoms with Gasteiger partial charge in [-0.05, 0) is 44.9 Å². The lowest BCUT2D eigenvalue weighted by Crippen LogP contribution is -2.46. The molecule has 1 aliphatic heterocycles. The molecule has 7 nitrogen and oxygen atoms in total. The van der Waals surface area contributed by atoms with Gasteiger partial charge in [0.2, 0.25) is 0 Å². The lowest BCUT2D eigenvalue weighted by molar-refractivity contribution is -0.141. The molecule has 144 valence electrons. The second kappa shape index (κ2) is 8.07. The van der Waals surface area contributed by atoms with E-state index in [0.29, 0.717) is 24.3 Å². The molecule has 1 heterocycles. The Bertz CT molecular complexity index is 789. The van der Waals surface area contributed by atoms with E-state index in [2.05, 4.69) is 0 Å².